The van der Waals surface area contributed by atoms with E-state index in [0.717, 1.165) is 28.5 Å². The number of benzene rings is 3. The Morgan fingerprint density at radius 3 is 2.55 bits per heavy atom. The van der Waals surface area contributed by atoms with E-state index in [2.05, 4.69) is 64.9 Å². The predicted octanol–water partition coefficient (Wildman–Crippen LogP) is 5.65. The lowest BCUT2D eigenvalue weighted by molar-refractivity contribution is -0.127. The zero-order valence-electron chi connectivity index (χ0n) is 18.2. The minimum atomic E-state index is -0.436. The fourth-order valence-corrected chi connectivity index (χ4v) is 4.25. The highest BCUT2D eigenvalue weighted by Crippen LogP contribution is 2.31. The molecule has 1 aromatic heterocycles. The first kappa shape index (κ1) is 20.9. The van der Waals surface area contributed by atoms with E-state index in [0.29, 0.717) is 0 Å². The molecule has 0 aliphatic carbocycles. The summed E-state index contributed by atoms with van der Waals surface area (Å²) in [5.41, 5.74) is 4.22. The monoisotopic (exact) mass is 412 g/mol. The summed E-state index contributed by atoms with van der Waals surface area (Å²) in [6.07, 6.45) is 2.97. The first-order valence-electron chi connectivity index (χ1n) is 10.9. The molecule has 158 valence electrons. The van der Waals surface area contributed by atoms with Crippen molar-refractivity contribution in [3.63, 3.8) is 0 Å². The summed E-state index contributed by atoms with van der Waals surface area (Å²) >= 11 is 0. The Hall–Kier alpha value is -3.40. The van der Waals surface area contributed by atoms with Gasteiger partial charge in [-0.05, 0) is 52.4 Å². The molecule has 31 heavy (non-hydrogen) atoms. The van der Waals surface area contributed by atoms with Crippen LogP contribution in [0.5, 0.6) is 0 Å². The van der Waals surface area contributed by atoms with Crippen molar-refractivity contribution in [2.24, 2.45) is 5.92 Å². The van der Waals surface area contributed by atoms with Crippen LogP contribution in [0.3, 0.4) is 0 Å². The second kappa shape index (κ2) is 8.76. The molecule has 0 unspecified atom stereocenters. The summed E-state index contributed by atoms with van der Waals surface area (Å²) in [6.45, 7) is 5.56. The zero-order valence-corrected chi connectivity index (χ0v) is 18.2. The lowest BCUT2D eigenvalue weighted by Crippen LogP contribution is -2.44. The van der Waals surface area contributed by atoms with E-state index in [-0.39, 0.29) is 24.0 Å². The topological polar surface area (TPSA) is 62.0 Å². The van der Waals surface area contributed by atoms with Crippen LogP contribution in [0.15, 0.2) is 66.9 Å². The number of hydrogen-bond donors (Lipinski definition) is 2. The smallest absolute Gasteiger partial charge is 0.225 e. The highest BCUT2D eigenvalue weighted by molar-refractivity contribution is 6.00. The van der Waals surface area contributed by atoms with Gasteiger partial charge in [0.15, 0.2) is 5.78 Å². The average Bonchev–Trinajstić information content (AvgIpc) is 3.18. The van der Waals surface area contributed by atoms with Crippen molar-refractivity contribution in [2.75, 3.05) is 0 Å². The van der Waals surface area contributed by atoms with Crippen LogP contribution in [0, 0.1) is 5.92 Å². The first-order chi connectivity index (χ1) is 15.0. The van der Waals surface area contributed by atoms with Crippen LogP contribution in [0.2, 0.25) is 0 Å². The molecule has 3 aromatic carbocycles. The number of aromatic amines is 1. The standard InChI is InChI=1S/C27H28N2O2/c1-4-17(2)27(18(3)30)29-26(31)15-21-16-28-25-13-12-20(14-24(21)25)23-11-7-9-19-8-5-6-10-22(19)23/h5-14,16-17,27-28H,4,15H2,1-3H3,(H,29,31)/t17-,27-/m0/s1. The molecule has 2 N–H and O–H groups in total. The molecular weight excluding hydrogens is 384 g/mol. The molecule has 0 radical (unpaired) electrons. The number of amides is 1. The number of nitrogens with one attached hydrogen (secondary N) is 2. The number of H-pyrrole nitrogens is 1. The van der Waals surface area contributed by atoms with Crippen LogP contribution in [0.25, 0.3) is 32.8 Å². The summed E-state index contributed by atoms with van der Waals surface area (Å²) in [5.74, 6) is -0.0146. The van der Waals surface area contributed by atoms with Gasteiger partial charge in [-0.15, -0.1) is 0 Å². The van der Waals surface area contributed by atoms with Crippen molar-refractivity contribution in [2.45, 2.75) is 39.7 Å². The molecule has 2 atom stereocenters. The molecule has 0 aliphatic heterocycles. The molecule has 0 aliphatic rings. The molecule has 0 saturated carbocycles. The maximum absolute atomic E-state index is 12.7. The SMILES string of the molecule is CC[C@H](C)[C@H](NC(=O)Cc1c[nH]c2ccc(-c3cccc4ccccc34)cc12)C(C)=O. The van der Waals surface area contributed by atoms with Gasteiger partial charge < -0.3 is 10.3 Å². The van der Waals surface area contributed by atoms with Gasteiger partial charge in [-0.2, -0.15) is 0 Å². The Bertz CT molecular complexity index is 1250. The lowest BCUT2D eigenvalue weighted by atomic mass is 9.95. The molecule has 1 heterocycles. The molecule has 4 heteroatoms. The van der Waals surface area contributed by atoms with Gasteiger partial charge in [0.2, 0.25) is 5.91 Å². The van der Waals surface area contributed by atoms with E-state index < -0.39 is 6.04 Å². The lowest BCUT2D eigenvalue weighted by Gasteiger charge is -2.21. The van der Waals surface area contributed by atoms with Crippen LogP contribution in [0.1, 0.15) is 32.8 Å². The Balaban J connectivity index is 1.65. The second-order valence-corrected chi connectivity index (χ2v) is 8.32. The Morgan fingerprint density at radius 1 is 1.00 bits per heavy atom. The van der Waals surface area contributed by atoms with Gasteiger partial charge in [0, 0.05) is 17.1 Å². The van der Waals surface area contributed by atoms with Crippen molar-refractivity contribution in [1.82, 2.24) is 10.3 Å². The molecule has 0 spiro atoms. The summed E-state index contributed by atoms with van der Waals surface area (Å²) < 4.78 is 0. The number of aromatic nitrogens is 1. The number of ketones is 1. The van der Waals surface area contributed by atoms with Crippen molar-refractivity contribution in [3.05, 3.63) is 72.4 Å². The summed E-state index contributed by atoms with van der Waals surface area (Å²) in [4.78, 5) is 28.0. The molecule has 0 fully saturated rings. The highest BCUT2D eigenvalue weighted by atomic mass is 16.2. The number of fused-ring (bicyclic) bond motifs is 2. The minimum Gasteiger partial charge on any atom is -0.361 e. The third-order valence-electron chi connectivity index (χ3n) is 6.19. The van der Waals surface area contributed by atoms with E-state index in [1.54, 1.807) is 6.92 Å². The summed E-state index contributed by atoms with van der Waals surface area (Å²) in [6, 6.07) is 20.6. The van der Waals surface area contributed by atoms with E-state index >= 15 is 0 Å². The normalized spacial score (nSPS) is 13.3. The van der Waals surface area contributed by atoms with Crippen LogP contribution in [0.4, 0.5) is 0 Å². The third-order valence-corrected chi connectivity index (χ3v) is 6.19. The van der Waals surface area contributed by atoms with Gasteiger partial charge in [0.1, 0.15) is 0 Å². The summed E-state index contributed by atoms with van der Waals surface area (Å²) in [7, 11) is 0. The third kappa shape index (κ3) is 4.24. The number of carbonyl (C=O) groups is 2. The Morgan fingerprint density at radius 2 is 1.77 bits per heavy atom. The van der Waals surface area contributed by atoms with Gasteiger partial charge in [0.05, 0.1) is 12.5 Å². The van der Waals surface area contributed by atoms with E-state index in [1.807, 2.05) is 26.1 Å². The van der Waals surface area contributed by atoms with E-state index in [9.17, 15) is 9.59 Å². The van der Waals surface area contributed by atoms with Crippen LogP contribution < -0.4 is 5.32 Å². The van der Waals surface area contributed by atoms with Crippen molar-refractivity contribution < 1.29 is 9.59 Å². The van der Waals surface area contributed by atoms with Crippen LogP contribution >= 0.6 is 0 Å². The molecule has 4 rings (SSSR count). The van der Waals surface area contributed by atoms with Gasteiger partial charge in [0.25, 0.3) is 0 Å². The maximum atomic E-state index is 12.7. The van der Waals surface area contributed by atoms with E-state index in [1.165, 1.54) is 16.3 Å². The molecule has 4 nitrogen and oxygen atoms in total. The van der Waals surface area contributed by atoms with Gasteiger partial charge in [-0.25, -0.2) is 0 Å². The fourth-order valence-electron chi connectivity index (χ4n) is 4.25. The highest BCUT2D eigenvalue weighted by Gasteiger charge is 2.23. The number of carbonyl (C=O) groups excluding carboxylic acids is 2. The quantitative estimate of drug-likeness (QED) is 0.412. The van der Waals surface area contributed by atoms with Crippen LogP contribution in [-0.4, -0.2) is 22.7 Å². The van der Waals surface area contributed by atoms with E-state index in [4.69, 9.17) is 0 Å². The van der Waals surface area contributed by atoms with Crippen molar-refractivity contribution in [1.29, 1.82) is 0 Å². The predicted molar refractivity (Wildman–Crippen MR) is 127 cm³/mol. The fraction of sp³-hybridized carbons (Fsp3) is 0.259. The minimum absolute atomic E-state index is 0.000122. The Kier molecular flexibility index (Phi) is 5.90. The molecule has 0 saturated heterocycles. The van der Waals surface area contributed by atoms with Gasteiger partial charge >= 0.3 is 0 Å². The molecular formula is C27H28N2O2. The van der Waals surface area contributed by atoms with Crippen LogP contribution in [-0.2, 0) is 16.0 Å². The molecule has 0 bridgehead atoms. The van der Waals surface area contributed by atoms with Gasteiger partial charge in [-0.3, -0.25) is 9.59 Å². The zero-order chi connectivity index (χ0) is 22.0. The number of hydrogen-bond acceptors (Lipinski definition) is 2. The second-order valence-electron chi connectivity index (χ2n) is 8.32. The van der Waals surface area contributed by atoms with Gasteiger partial charge in [-0.1, -0.05) is 68.8 Å². The number of rotatable bonds is 7. The maximum Gasteiger partial charge on any atom is 0.225 e. The first-order valence-corrected chi connectivity index (χ1v) is 10.9. The van der Waals surface area contributed by atoms with Crippen molar-refractivity contribution >= 4 is 33.4 Å². The summed E-state index contributed by atoms with van der Waals surface area (Å²) in [5, 5.41) is 6.38. The van der Waals surface area contributed by atoms with Crippen molar-refractivity contribution in [3.8, 4) is 11.1 Å². The number of Topliss-reactive ketones (excluding diaryl/α,β-unsaturated/α-hetero) is 1. The average molecular weight is 413 g/mol. The Labute approximate surface area is 182 Å². The molecule has 1 amide bonds. The molecule has 4 aromatic rings. The largest absolute Gasteiger partial charge is 0.361 e.